The Labute approximate surface area is 139 Å². The molecule has 0 aliphatic rings. The molecule has 0 atom stereocenters. The molecule has 1 aromatic heterocycles. The van der Waals surface area contributed by atoms with Crippen LogP contribution in [0.4, 0.5) is 11.4 Å². The van der Waals surface area contributed by atoms with Crippen molar-refractivity contribution in [1.29, 1.82) is 0 Å². The van der Waals surface area contributed by atoms with Crippen LogP contribution in [0.1, 0.15) is 23.9 Å². The quantitative estimate of drug-likeness (QED) is 0.497. The first-order valence-electron chi connectivity index (χ1n) is 7.24. The normalized spacial score (nSPS) is 10.4. The van der Waals surface area contributed by atoms with Crippen LogP contribution in [-0.4, -0.2) is 19.8 Å². The summed E-state index contributed by atoms with van der Waals surface area (Å²) in [6.45, 7) is 7.47. The third-order valence-corrected chi connectivity index (χ3v) is 3.84. The zero-order chi connectivity index (χ0) is 17.0. The van der Waals surface area contributed by atoms with E-state index >= 15 is 0 Å². The molecule has 7 nitrogen and oxygen atoms in total. The molecule has 2 aromatic rings. The molecule has 2 N–H and O–H groups in total. The molecule has 122 valence electrons. The van der Waals surface area contributed by atoms with Crippen molar-refractivity contribution in [1.82, 2.24) is 15.1 Å². The summed E-state index contributed by atoms with van der Waals surface area (Å²) in [4.78, 5) is 10.2. The summed E-state index contributed by atoms with van der Waals surface area (Å²) in [7, 11) is 0. The Hall–Kier alpha value is -2.48. The van der Waals surface area contributed by atoms with Gasteiger partial charge in [-0.1, -0.05) is 0 Å². The van der Waals surface area contributed by atoms with Gasteiger partial charge in [-0.2, -0.15) is 5.10 Å². The second kappa shape index (κ2) is 7.19. The van der Waals surface area contributed by atoms with Crippen LogP contribution < -0.4 is 10.6 Å². The van der Waals surface area contributed by atoms with Crippen LogP contribution >= 0.6 is 12.2 Å². The van der Waals surface area contributed by atoms with Crippen molar-refractivity contribution >= 4 is 28.7 Å². The molecule has 0 aliphatic carbocycles. The molecule has 0 bridgehead atoms. The number of non-ortho nitro benzene ring substituents is 1. The van der Waals surface area contributed by atoms with Crippen LogP contribution in [0.5, 0.6) is 0 Å². The van der Waals surface area contributed by atoms with Gasteiger partial charge in [-0.3, -0.25) is 14.8 Å². The van der Waals surface area contributed by atoms with Crippen LogP contribution in [0.3, 0.4) is 0 Å². The Morgan fingerprint density at radius 2 is 2.00 bits per heavy atom. The maximum absolute atomic E-state index is 10.6. The molecule has 1 heterocycles. The van der Waals surface area contributed by atoms with Crippen LogP contribution in [0, 0.1) is 24.0 Å². The van der Waals surface area contributed by atoms with Crippen molar-refractivity contribution < 1.29 is 4.92 Å². The van der Waals surface area contributed by atoms with Gasteiger partial charge in [0.1, 0.15) is 0 Å². The number of aryl methyl sites for hydroxylation is 2. The zero-order valence-electron chi connectivity index (χ0n) is 13.3. The van der Waals surface area contributed by atoms with Gasteiger partial charge in [0.2, 0.25) is 0 Å². The van der Waals surface area contributed by atoms with Gasteiger partial charge in [0, 0.05) is 42.2 Å². The van der Waals surface area contributed by atoms with E-state index in [9.17, 15) is 10.1 Å². The number of aromatic nitrogens is 2. The van der Waals surface area contributed by atoms with Gasteiger partial charge in [-0.15, -0.1) is 0 Å². The Balaban J connectivity index is 1.95. The molecule has 0 saturated carbocycles. The fraction of sp³-hybridized carbons (Fsp3) is 0.333. The molecule has 2 rings (SSSR count). The molecular formula is C15H19N5O2S. The third-order valence-electron chi connectivity index (χ3n) is 3.59. The lowest BCUT2D eigenvalue weighted by Crippen LogP contribution is -2.28. The minimum Gasteiger partial charge on any atom is -0.358 e. The van der Waals surface area contributed by atoms with E-state index in [1.807, 2.05) is 18.5 Å². The summed E-state index contributed by atoms with van der Waals surface area (Å²) in [5, 5.41) is 21.7. The van der Waals surface area contributed by atoms with Gasteiger partial charge < -0.3 is 10.6 Å². The van der Waals surface area contributed by atoms with Gasteiger partial charge >= 0.3 is 0 Å². The molecule has 1 aromatic carbocycles. The second-order valence-corrected chi connectivity index (χ2v) is 5.49. The summed E-state index contributed by atoms with van der Waals surface area (Å²) in [6, 6.07) is 6.12. The van der Waals surface area contributed by atoms with Crippen molar-refractivity contribution in [2.75, 3.05) is 5.32 Å². The Morgan fingerprint density at radius 1 is 1.35 bits per heavy atom. The maximum atomic E-state index is 10.6. The molecule has 0 amide bonds. The van der Waals surface area contributed by atoms with Gasteiger partial charge in [0.25, 0.3) is 5.69 Å². The number of anilines is 1. The number of hydrogen-bond donors (Lipinski definition) is 2. The van der Waals surface area contributed by atoms with E-state index in [1.165, 1.54) is 12.1 Å². The Kier molecular flexibility index (Phi) is 5.28. The van der Waals surface area contributed by atoms with E-state index in [2.05, 4.69) is 22.7 Å². The first kappa shape index (κ1) is 16.9. The monoisotopic (exact) mass is 333 g/mol. The SMILES string of the molecule is CCn1nc(C)c(CNC(=S)Nc2ccc([N+](=O)[O-])cc2)c1C. The molecular weight excluding hydrogens is 314 g/mol. The van der Waals surface area contributed by atoms with Crippen molar-refractivity contribution in [3.05, 3.63) is 51.3 Å². The van der Waals surface area contributed by atoms with Gasteiger partial charge in [0.15, 0.2) is 5.11 Å². The highest BCUT2D eigenvalue weighted by Crippen LogP contribution is 2.16. The number of hydrogen-bond acceptors (Lipinski definition) is 4. The first-order chi connectivity index (χ1) is 10.9. The largest absolute Gasteiger partial charge is 0.358 e. The Bertz CT molecular complexity index is 724. The second-order valence-electron chi connectivity index (χ2n) is 5.08. The average Bonchev–Trinajstić information content (AvgIpc) is 2.79. The van der Waals surface area contributed by atoms with E-state index in [4.69, 9.17) is 12.2 Å². The molecule has 0 saturated heterocycles. The summed E-state index contributed by atoms with van der Waals surface area (Å²) < 4.78 is 1.96. The fourth-order valence-corrected chi connectivity index (χ4v) is 2.50. The molecule has 23 heavy (non-hydrogen) atoms. The van der Waals surface area contributed by atoms with E-state index in [0.717, 1.165) is 23.5 Å². The molecule has 0 aliphatic heterocycles. The highest BCUT2D eigenvalue weighted by molar-refractivity contribution is 7.80. The lowest BCUT2D eigenvalue weighted by atomic mass is 10.2. The molecule has 0 unspecified atom stereocenters. The van der Waals surface area contributed by atoms with Crippen molar-refractivity contribution in [3.63, 3.8) is 0 Å². The van der Waals surface area contributed by atoms with E-state index in [0.29, 0.717) is 17.3 Å². The minimum absolute atomic E-state index is 0.0488. The lowest BCUT2D eigenvalue weighted by Gasteiger charge is -2.11. The van der Waals surface area contributed by atoms with E-state index in [1.54, 1.807) is 12.1 Å². The number of nitro benzene ring substituents is 1. The summed E-state index contributed by atoms with van der Waals surface area (Å²) in [6.07, 6.45) is 0. The van der Waals surface area contributed by atoms with Gasteiger partial charge in [-0.25, -0.2) is 0 Å². The van der Waals surface area contributed by atoms with Crippen LogP contribution in [0.15, 0.2) is 24.3 Å². The number of nitrogens with zero attached hydrogens (tertiary/aromatic N) is 3. The van der Waals surface area contributed by atoms with Crippen molar-refractivity contribution in [2.45, 2.75) is 33.9 Å². The predicted octanol–water partition coefficient (Wildman–Crippen LogP) is 2.91. The average molecular weight is 333 g/mol. The van der Waals surface area contributed by atoms with Crippen LogP contribution in [0.2, 0.25) is 0 Å². The first-order valence-corrected chi connectivity index (χ1v) is 7.65. The topological polar surface area (TPSA) is 85.0 Å². The molecule has 0 fully saturated rings. The summed E-state index contributed by atoms with van der Waals surface area (Å²) >= 11 is 5.26. The fourth-order valence-electron chi connectivity index (χ4n) is 2.31. The van der Waals surface area contributed by atoms with Gasteiger partial charge in [-0.05, 0) is 45.1 Å². The number of benzene rings is 1. The Morgan fingerprint density at radius 3 is 2.52 bits per heavy atom. The number of nitro groups is 1. The van der Waals surface area contributed by atoms with E-state index < -0.39 is 4.92 Å². The number of rotatable bonds is 5. The molecule has 0 spiro atoms. The number of nitrogens with one attached hydrogen (secondary N) is 2. The molecule has 8 heteroatoms. The standard InChI is InChI=1S/C15H19N5O2S/c1-4-19-11(3)14(10(2)18-19)9-16-15(23)17-12-5-7-13(8-6-12)20(21)22/h5-8H,4,9H2,1-3H3,(H2,16,17,23). The third kappa shape index (κ3) is 4.04. The van der Waals surface area contributed by atoms with E-state index in [-0.39, 0.29) is 5.69 Å². The van der Waals surface area contributed by atoms with Crippen LogP contribution in [0.25, 0.3) is 0 Å². The van der Waals surface area contributed by atoms with Crippen molar-refractivity contribution in [3.8, 4) is 0 Å². The van der Waals surface area contributed by atoms with Crippen molar-refractivity contribution in [2.24, 2.45) is 0 Å². The minimum atomic E-state index is -0.433. The zero-order valence-corrected chi connectivity index (χ0v) is 14.1. The summed E-state index contributed by atoms with van der Waals surface area (Å²) in [5.41, 5.74) is 3.98. The maximum Gasteiger partial charge on any atom is 0.269 e. The lowest BCUT2D eigenvalue weighted by molar-refractivity contribution is -0.384. The number of thiocarbonyl (C=S) groups is 1. The predicted molar refractivity (Wildman–Crippen MR) is 93.5 cm³/mol. The smallest absolute Gasteiger partial charge is 0.269 e. The van der Waals surface area contributed by atoms with Gasteiger partial charge in [0.05, 0.1) is 10.6 Å². The summed E-state index contributed by atoms with van der Waals surface area (Å²) in [5.74, 6) is 0. The highest BCUT2D eigenvalue weighted by Gasteiger charge is 2.11. The van der Waals surface area contributed by atoms with Crippen LogP contribution in [-0.2, 0) is 13.1 Å². The molecule has 0 radical (unpaired) electrons. The highest BCUT2D eigenvalue weighted by atomic mass is 32.1.